The first kappa shape index (κ1) is 15.9. The Labute approximate surface area is 139 Å². The number of nitrogens with zero attached hydrogens (tertiary/aromatic N) is 2. The summed E-state index contributed by atoms with van der Waals surface area (Å²) < 4.78 is 0. The van der Waals surface area contributed by atoms with Gasteiger partial charge in [-0.25, -0.2) is 0 Å². The highest BCUT2D eigenvalue weighted by molar-refractivity contribution is 8.01. The van der Waals surface area contributed by atoms with Gasteiger partial charge in [0.25, 0.3) is 0 Å². The largest absolute Gasteiger partial charge is 0.341 e. The second-order valence-electron chi connectivity index (χ2n) is 5.87. The smallest absolute Gasteiger partial charge is 0.236 e. The summed E-state index contributed by atoms with van der Waals surface area (Å²) >= 11 is 3.40. The van der Waals surface area contributed by atoms with Crippen LogP contribution in [0.4, 0.5) is 0 Å². The molecule has 2 aliphatic rings. The monoisotopic (exact) mass is 338 g/mol. The van der Waals surface area contributed by atoms with Gasteiger partial charge in [-0.2, -0.15) is 0 Å². The average molecular weight is 338 g/mol. The highest BCUT2D eigenvalue weighted by atomic mass is 32.2. The SMILES string of the molecule is CCN(CCN1C(=O)C(C)SC1c1cccs1)C(=O)C1CC1. The fourth-order valence-electron chi connectivity index (χ4n) is 2.80. The van der Waals surface area contributed by atoms with Crippen LogP contribution in [0.2, 0.25) is 0 Å². The minimum absolute atomic E-state index is 0.00121. The third kappa shape index (κ3) is 3.18. The Kier molecular flexibility index (Phi) is 4.78. The van der Waals surface area contributed by atoms with Crippen molar-refractivity contribution in [2.75, 3.05) is 19.6 Å². The van der Waals surface area contributed by atoms with Gasteiger partial charge in [0.05, 0.1) is 5.25 Å². The van der Waals surface area contributed by atoms with Crippen LogP contribution in [0.25, 0.3) is 0 Å². The molecule has 2 atom stereocenters. The zero-order valence-corrected chi connectivity index (χ0v) is 14.7. The molecule has 1 saturated heterocycles. The van der Waals surface area contributed by atoms with Gasteiger partial charge in [-0.1, -0.05) is 6.07 Å². The van der Waals surface area contributed by atoms with Crippen molar-refractivity contribution in [1.82, 2.24) is 9.80 Å². The second-order valence-corrected chi connectivity index (χ2v) is 8.27. The van der Waals surface area contributed by atoms with E-state index in [1.54, 1.807) is 23.1 Å². The zero-order valence-electron chi connectivity index (χ0n) is 13.0. The van der Waals surface area contributed by atoms with Crippen LogP contribution in [0.3, 0.4) is 0 Å². The maximum Gasteiger partial charge on any atom is 0.236 e. The van der Waals surface area contributed by atoms with Crippen molar-refractivity contribution in [2.45, 2.75) is 37.3 Å². The topological polar surface area (TPSA) is 40.6 Å². The van der Waals surface area contributed by atoms with Gasteiger partial charge in [0.15, 0.2) is 0 Å². The van der Waals surface area contributed by atoms with Gasteiger partial charge in [0.1, 0.15) is 5.37 Å². The second kappa shape index (κ2) is 6.62. The van der Waals surface area contributed by atoms with Crippen molar-refractivity contribution in [1.29, 1.82) is 0 Å². The first-order chi connectivity index (χ1) is 10.6. The van der Waals surface area contributed by atoms with E-state index < -0.39 is 0 Å². The van der Waals surface area contributed by atoms with Gasteiger partial charge in [-0.05, 0) is 38.1 Å². The number of hydrogen-bond acceptors (Lipinski definition) is 4. The molecule has 1 aliphatic carbocycles. The Morgan fingerprint density at radius 3 is 2.82 bits per heavy atom. The number of carbonyl (C=O) groups is 2. The molecular weight excluding hydrogens is 316 g/mol. The van der Waals surface area contributed by atoms with Crippen LogP contribution in [-0.4, -0.2) is 46.5 Å². The maximum absolute atomic E-state index is 12.4. The minimum atomic E-state index is 0.00121. The van der Waals surface area contributed by atoms with Crippen LogP contribution in [0.15, 0.2) is 17.5 Å². The number of hydrogen-bond donors (Lipinski definition) is 0. The molecule has 0 radical (unpaired) electrons. The van der Waals surface area contributed by atoms with Gasteiger partial charge in [-0.3, -0.25) is 9.59 Å². The fraction of sp³-hybridized carbons (Fsp3) is 0.625. The first-order valence-corrected chi connectivity index (χ1v) is 9.72. The molecule has 0 aromatic carbocycles. The molecule has 1 aromatic heterocycles. The highest BCUT2D eigenvalue weighted by Gasteiger charge is 2.39. The zero-order chi connectivity index (χ0) is 15.7. The van der Waals surface area contributed by atoms with Crippen molar-refractivity contribution in [3.63, 3.8) is 0 Å². The molecule has 2 unspecified atom stereocenters. The van der Waals surface area contributed by atoms with Crippen LogP contribution in [0.5, 0.6) is 0 Å². The van der Waals surface area contributed by atoms with Gasteiger partial charge in [0, 0.05) is 30.4 Å². The van der Waals surface area contributed by atoms with E-state index in [-0.39, 0.29) is 28.4 Å². The summed E-state index contributed by atoms with van der Waals surface area (Å²) in [6.45, 7) is 5.99. The molecule has 4 nitrogen and oxygen atoms in total. The van der Waals surface area contributed by atoms with Crippen LogP contribution in [-0.2, 0) is 9.59 Å². The molecule has 3 rings (SSSR count). The lowest BCUT2D eigenvalue weighted by molar-refractivity contribution is -0.135. The van der Waals surface area contributed by atoms with E-state index in [9.17, 15) is 9.59 Å². The summed E-state index contributed by atoms with van der Waals surface area (Å²) in [4.78, 5) is 29.7. The number of thioether (sulfide) groups is 1. The summed E-state index contributed by atoms with van der Waals surface area (Å²) in [5.41, 5.74) is 0. The van der Waals surface area contributed by atoms with E-state index in [0.29, 0.717) is 13.1 Å². The van der Waals surface area contributed by atoms with Crippen molar-refractivity contribution < 1.29 is 9.59 Å². The third-order valence-electron chi connectivity index (χ3n) is 4.26. The Morgan fingerprint density at radius 1 is 1.45 bits per heavy atom. The molecule has 120 valence electrons. The number of rotatable bonds is 6. The molecule has 2 amide bonds. The van der Waals surface area contributed by atoms with E-state index >= 15 is 0 Å². The van der Waals surface area contributed by atoms with Gasteiger partial charge in [-0.15, -0.1) is 23.1 Å². The average Bonchev–Trinajstić information content (AvgIpc) is 3.15. The Morgan fingerprint density at radius 2 is 2.23 bits per heavy atom. The van der Waals surface area contributed by atoms with E-state index in [1.165, 1.54) is 4.88 Å². The van der Waals surface area contributed by atoms with Crippen LogP contribution >= 0.6 is 23.1 Å². The lowest BCUT2D eigenvalue weighted by Gasteiger charge is -2.27. The molecule has 1 aliphatic heterocycles. The van der Waals surface area contributed by atoms with Crippen molar-refractivity contribution in [2.24, 2.45) is 5.92 Å². The van der Waals surface area contributed by atoms with Gasteiger partial charge < -0.3 is 9.80 Å². The van der Waals surface area contributed by atoms with Crippen LogP contribution in [0.1, 0.15) is 36.9 Å². The van der Waals surface area contributed by atoms with Crippen molar-refractivity contribution >= 4 is 34.9 Å². The van der Waals surface area contributed by atoms with E-state index in [4.69, 9.17) is 0 Å². The molecule has 22 heavy (non-hydrogen) atoms. The van der Waals surface area contributed by atoms with E-state index in [2.05, 4.69) is 11.4 Å². The van der Waals surface area contributed by atoms with Crippen LogP contribution in [0, 0.1) is 5.92 Å². The highest BCUT2D eigenvalue weighted by Crippen LogP contribution is 2.44. The predicted octanol–water partition coefficient (Wildman–Crippen LogP) is 2.97. The summed E-state index contributed by atoms with van der Waals surface area (Å²) in [6, 6.07) is 4.12. The minimum Gasteiger partial charge on any atom is -0.341 e. The molecule has 0 spiro atoms. The van der Waals surface area contributed by atoms with Crippen LogP contribution < -0.4 is 0 Å². The Hall–Kier alpha value is -1.01. The molecule has 0 bridgehead atoms. The summed E-state index contributed by atoms with van der Waals surface area (Å²) in [6.07, 6.45) is 2.06. The fourth-order valence-corrected chi connectivity index (χ4v) is 5.05. The van der Waals surface area contributed by atoms with Crippen molar-refractivity contribution in [3.8, 4) is 0 Å². The standard InChI is InChI=1S/C16H22N2O2S2/c1-3-17(15(20)12-6-7-12)8-9-18-14(19)11(2)22-16(18)13-5-4-10-21-13/h4-5,10-12,16H,3,6-9H2,1-2H3. The molecule has 1 aromatic rings. The first-order valence-electron chi connectivity index (χ1n) is 7.90. The molecular formula is C16H22N2O2S2. The normalized spacial score (nSPS) is 24.8. The third-order valence-corrected chi connectivity index (χ3v) is 6.71. The maximum atomic E-state index is 12.4. The predicted molar refractivity (Wildman–Crippen MR) is 90.8 cm³/mol. The Balaban J connectivity index is 1.65. The number of likely N-dealkylation sites (N-methyl/N-ethyl adjacent to an activating group) is 1. The number of amides is 2. The van der Waals surface area contributed by atoms with Gasteiger partial charge in [0.2, 0.25) is 11.8 Å². The Bertz CT molecular complexity index is 542. The summed E-state index contributed by atoms with van der Waals surface area (Å²) in [5.74, 6) is 0.705. The summed E-state index contributed by atoms with van der Waals surface area (Å²) in [5, 5.41) is 2.16. The molecule has 1 saturated carbocycles. The lowest BCUT2D eigenvalue weighted by atomic mass is 10.3. The molecule has 0 N–H and O–H groups in total. The number of carbonyl (C=O) groups excluding carboxylic acids is 2. The molecule has 2 fully saturated rings. The molecule has 2 heterocycles. The van der Waals surface area contributed by atoms with Gasteiger partial charge >= 0.3 is 0 Å². The van der Waals surface area contributed by atoms with E-state index in [1.807, 2.05) is 29.7 Å². The summed E-state index contributed by atoms with van der Waals surface area (Å²) in [7, 11) is 0. The lowest BCUT2D eigenvalue weighted by Crippen LogP contribution is -2.41. The van der Waals surface area contributed by atoms with E-state index in [0.717, 1.165) is 19.4 Å². The number of thiophene rings is 1. The molecule has 6 heteroatoms. The quantitative estimate of drug-likeness (QED) is 0.801. The van der Waals surface area contributed by atoms with Crippen molar-refractivity contribution in [3.05, 3.63) is 22.4 Å².